The highest BCUT2D eigenvalue weighted by molar-refractivity contribution is 5.53. The third kappa shape index (κ3) is 2.51. The lowest BCUT2D eigenvalue weighted by Gasteiger charge is -2.06. The lowest BCUT2D eigenvalue weighted by Crippen LogP contribution is -2.00. The topological polar surface area (TPSA) is 68.3 Å². The van der Waals surface area contributed by atoms with E-state index in [1.54, 1.807) is 25.3 Å². The summed E-state index contributed by atoms with van der Waals surface area (Å²) in [7, 11) is 0. The maximum Gasteiger partial charge on any atom is 0.272 e. The van der Waals surface area contributed by atoms with Crippen LogP contribution in [0.15, 0.2) is 34.9 Å². The van der Waals surface area contributed by atoms with Crippen LogP contribution >= 0.6 is 0 Å². The van der Waals surface area contributed by atoms with Crippen molar-refractivity contribution < 1.29 is 9.34 Å². The molecule has 0 amide bonds. The number of benzene rings is 1. The molecule has 0 aliphatic carbocycles. The number of nitro benzene ring substituents is 1. The Morgan fingerprint density at radius 1 is 1.28 bits per heavy atom. The van der Waals surface area contributed by atoms with Gasteiger partial charge in [0.05, 0.1) is 17.7 Å². The molecule has 0 spiro atoms. The van der Waals surface area contributed by atoms with E-state index in [0.29, 0.717) is 12.1 Å². The average molecular weight is 246 g/mol. The summed E-state index contributed by atoms with van der Waals surface area (Å²) in [5.74, 6) is 0.867. The summed E-state index contributed by atoms with van der Waals surface area (Å²) in [6, 6.07) is 6.87. The predicted octanol–water partition coefficient (Wildman–Crippen LogP) is 3.42. The van der Waals surface area contributed by atoms with Gasteiger partial charge in [-0.15, -0.1) is 0 Å². The molecule has 0 unspecified atom stereocenters. The van der Waals surface area contributed by atoms with Gasteiger partial charge in [0.25, 0.3) is 5.69 Å². The smallest absolute Gasteiger partial charge is 0.272 e. The number of furan rings is 1. The second-order valence-corrected chi connectivity index (χ2v) is 4.14. The van der Waals surface area contributed by atoms with Crippen LogP contribution in [-0.2, 0) is 6.54 Å². The van der Waals surface area contributed by atoms with Gasteiger partial charge in [-0.05, 0) is 37.6 Å². The Bertz CT molecular complexity index is 575. The maximum absolute atomic E-state index is 10.7. The number of aryl methyl sites for hydroxylation is 2. The first-order chi connectivity index (χ1) is 8.58. The van der Waals surface area contributed by atoms with Crippen molar-refractivity contribution in [2.24, 2.45) is 0 Å². The van der Waals surface area contributed by atoms with Gasteiger partial charge in [0, 0.05) is 17.3 Å². The number of nitrogens with zero attached hydrogens (tertiary/aromatic N) is 1. The first-order valence-electron chi connectivity index (χ1n) is 5.60. The zero-order chi connectivity index (χ0) is 13.1. The summed E-state index contributed by atoms with van der Waals surface area (Å²) in [6.45, 7) is 4.26. The molecule has 0 saturated heterocycles. The van der Waals surface area contributed by atoms with Gasteiger partial charge >= 0.3 is 0 Å². The summed E-state index contributed by atoms with van der Waals surface area (Å²) >= 11 is 0. The SMILES string of the molecule is Cc1cc(NCc2occc2C)ccc1[N+](=O)[O-]. The van der Waals surface area contributed by atoms with Crippen LogP contribution in [0.4, 0.5) is 11.4 Å². The van der Waals surface area contributed by atoms with Crippen LogP contribution in [-0.4, -0.2) is 4.92 Å². The van der Waals surface area contributed by atoms with Crippen molar-refractivity contribution in [3.63, 3.8) is 0 Å². The van der Waals surface area contributed by atoms with E-state index in [1.165, 1.54) is 6.07 Å². The Kier molecular flexibility index (Phi) is 3.32. The molecule has 0 bridgehead atoms. The van der Waals surface area contributed by atoms with Crippen molar-refractivity contribution in [1.29, 1.82) is 0 Å². The van der Waals surface area contributed by atoms with Crippen LogP contribution in [0.5, 0.6) is 0 Å². The lowest BCUT2D eigenvalue weighted by atomic mass is 10.2. The summed E-state index contributed by atoms with van der Waals surface area (Å²) in [4.78, 5) is 10.3. The van der Waals surface area contributed by atoms with Crippen LogP contribution in [0.3, 0.4) is 0 Å². The zero-order valence-electron chi connectivity index (χ0n) is 10.3. The van der Waals surface area contributed by atoms with Crippen LogP contribution in [0.1, 0.15) is 16.9 Å². The number of hydrogen-bond acceptors (Lipinski definition) is 4. The van der Waals surface area contributed by atoms with Gasteiger partial charge in [0.1, 0.15) is 5.76 Å². The van der Waals surface area contributed by atoms with Gasteiger partial charge in [-0.3, -0.25) is 10.1 Å². The highest BCUT2D eigenvalue weighted by Crippen LogP contribution is 2.22. The van der Waals surface area contributed by atoms with Gasteiger partial charge in [0.15, 0.2) is 0 Å². The molecule has 0 atom stereocenters. The molecule has 18 heavy (non-hydrogen) atoms. The van der Waals surface area contributed by atoms with E-state index in [2.05, 4.69) is 5.32 Å². The predicted molar refractivity (Wildman–Crippen MR) is 68.6 cm³/mol. The third-order valence-electron chi connectivity index (χ3n) is 2.81. The van der Waals surface area contributed by atoms with Gasteiger partial charge in [-0.25, -0.2) is 0 Å². The molecule has 94 valence electrons. The van der Waals surface area contributed by atoms with Crippen molar-refractivity contribution in [1.82, 2.24) is 0 Å². The van der Waals surface area contributed by atoms with E-state index in [-0.39, 0.29) is 10.6 Å². The third-order valence-corrected chi connectivity index (χ3v) is 2.81. The minimum atomic E-state index is -0.379. The molecular formula is C13H14N2O3. The first-order valence-corrected chi connectivity index (χ1v) is 5.60. The molecule has 0 aliphatic heterocycles. The molecule has 1 heterocycles. The standard InChI is InChI=1S/C13H14N2O3/c1-9-5-6-18-13(9)8-14-11-3-4-12(15(16)17)10(2)7-11/h3-7,14H,8H2,1-2H3. The van der Waals surface area contributed by atoms with E-state index in [9.17, 15) is 10.1 Å². The van der Waals surface area contributed by atoms with Crippen molar-refractivity contribution in [3.8, 4) is 0 Å². The van der Waals surface area contributed by atoms with Crippen LogP contribution in [0.2, 0.25) is 0 Å². The Morgan fingerprint density at radius 3 is 2.61 bits per heavy atom. The molecule has 1 aromatic heterocycles. The number of rotatable bonds is 4. The summed E-state index contributed by atoms with van der Waals surface area (Å²) in [6.07, 6.45) is 1.65. The molecule has 5 heteroatoms. The van der Waals surface area contributed by atoms with Crippen molar-refractivity contribution in [2.45, 2.75) is 20.4 Å². The molecular weight excluding hydrogens is 232 g/mol. The van der Waals surface area contributed by atoms with Gasteiger partial charge in [-0.2, -0.15) is 0 Å². The molecule has 1 N–H and O–H groups in total. The quantitative estimate of drug-likeness (QED) is 0.663. The second kappa shape index (κ2) is 4.91. The maximum atomic E-state index is 10.7. The van der Waals surface area contributed by atoms with E-state index in [4.69, 9.17) is 4.42 Å². The summed E-state index contributed by atoms with van der Waals surface area (Å²) < 4.78 is 5.31. The minimum absolute atomic E-state index is 0.134. The molecule has 2 rings (SSSR count). The fourth-order valence-corrected chi connectivity index (χ4v) is 1.74. The van der Waals surface area contributed by atoms with Crippen molar-refractivity contribution in [3.05, 3.63) is 57.5 Å². The largest absolute Gasteiger partial charge is 0.467 e. The summed E-state index contributed by atoms with van der Waals surface area (Å²) in [5.41, 5.74) is 2.70. The van der Waals surface area contributed by atoms with Crippen molar-refractivity contribution >= 4 is 11.4 Å². The monoisotopic (exact) mass is 246 g/mol. The highest BCUT2D eigenvalue weighted by atomic mass is 16.6. The molecule has 2 aromatic rings. The highest BCUT2D eigenvalue weighted by Gasteiger charge is 2.10. The van der Waals surface area contributed by atoms with E-state index in [1.807, 2.05) is 13.0 Å². The van der Waals surface area contributed by atoms with Crippen LogP contribution in [0, 0.1) is 24.0 Å². The van der Waals surface area contributed by atoms with Gasteiger partial charge in [0.2, 0.25) is 0 Å². The lowest BCUT2D eigenvalue weighted by molar-refractivity contribution is -0.385. The Labute approximate surface area is 105 Å². The van der Waals surface area contributed by atoms with Crippen LogP contribution in [0.25, 0.3) is 0 Å². The fourth-order valence-electron chi connectivity index (χ4n) is 1.74. The number of anilines is 1. The Balaban J connectivity index is 2.09. The van der Waals surface area contributed by atoms with E-state index < -0.39 is 0 Å². The zero-order valence-corrected chi connectivity index (χ0v) is 10.3. The molecule has 0 saturated carbocycles. The minimum Gasteiger partial charge on any atom is -0.467 e. The Hall–Kier alpha value is -2.30. The van der Waals surface area contributed by atoms with Gasteiger partial charge in [-0.1, -0.05) is 0 Å². The second-order valence-electron chi connectivity index (χ2n) is 4.14. The molecule has 0 fully saturated rings. The molecule has 0 radical (unpaired) electrons. The molecule has 0 aliphatic rings. The summed E-state index contributed by atoms with van der Waals surface area (Å²) in [5, 5.41) is 13.9. The fraction of sp³-hybridized carbons (Fsp3) is 0.231. The van der Waals surface area contributed by atoms with E-state index in [0.717, 1.165) is 17.0 Å². The van der Waals surface area contributed by atoms with Crippen LogP contribution < -0.4 is 5.32 Å². The Morgan fingerprint density at radius 2 is 2.06 bits per heavy atom. The normalized spacial score (nSPS) is 10.3. The van der Waals surface area contributed by atoms with Crippen molar-refractivity contribution in [2.75, 3.05) is 5.32 Å². The number of hydrogen-bond donors (Lipinski definition) is 1. The first kappa shape index (κ1) is 12.2. The number of nitrogens with one attached hydrogen (secondary N) is 1. The average Bonchev–Trinajstić information content (AvgIpc) is 2.72. The molecule has 1 aromatic carbocycles. The van der Waals surface area contributed by atoms with Gasteiger partial charge < -0.3 is 9.73 Å². The van der Waals surface area contributed by atoms with E-state index >= 15 is 0 Å². The molecule has 5 nitrogen and oxygen atoms in total. The number of nitro groups is 1.